The molecule has 3 fully saturated rings. The van der Waals surface area contributed by atoms with E-state index in [2.05, 4.69) is 46.4 Å². The maximum absolute atomic E-state index is 10.6. The van der Waals surface area contributed by atoms with E-state index < -0.39 is 17.8 Å². The van der Waals surface area contributed by atoms with Crippen molar-refractivity contribution in [2.24, 2.45) is 23.2 Å². The van der Waals surface area contributed by atoms with Gasteiger partial charge in [-0.05, 0) is 92.1 Å². The summed E-state index contributed by atoms with van der Waals surface area (Å²) in [4.78, 5) is 0. The number of allylic oxidation sites excluding steroid dienone is 3. The minimum absolute atomic E-state index is 0.371. The third-order valence-corrected chi connectivity index (χ3v) is 9.61. The highest BCUT2D eigenvalue weighted by Gasteiger charge is 2.50. The van der Waals surface area contributed by atoms with Crippen molar-refractivity contribution >= 4 is 0 Å². The van der Waals surface area contributed by atoms with Gasteiger partial charge in [0, 0.05) is 6.42 Å². The zero-order chi connectivity index (χ0) is 23.5. The van der Waals surface area contributed by atoms with Gasteiger partial charge in [-0.2, -0.15) is 0 Å². The lowest BCUT2D eigenvalue weighted by Gasteiger charge is -2.44. The molecule has 3 N–H and O–H groups in total. The first-order valence-corrected chi connectivity index (χ1v) is 13.3. The summed E-state index contributed by atoms with van der Waals surface area (Å²) in [6.45, 7) is 13.3. The Morgan fingerprint density at radius 1 is 1.19 bits per heavy atom. The Morgan fingerprint density at radius 3 is 2.59 bits per heavy atom. The highest BCUT2D eigenvalue weighted by atomic mass is 16.3. The van der Waals surface area contributed by atoms with Crippen molar-refractivity contribution in [3.05, 3.63) is 35.5 Å². The average Bonchev–Trinajstić information content (AvgIpc) is 3.12. The van der Waals surface area contributed by atoms with Gasteiger partial charge in [-0.3, -0.25) is 0 Å². The van der Waals surface area contributed by atoms with Crippen LogP contribution >= 0.6 is 0 Å². The number of hydrogen-bond acceptors (Lipinski definition) is 3. The Morgan fingerprint density at radius 2 is 1.91 bits per heavy atom. The molecule has 1 unspecified atom stereocenters. The molecule has 3 heteroatoms. The van der Waals surface area contributed by atoms with E-state index in [4.69, 9.17) is 0 Å². The predicted molar refractivity (Wildman–Crippen MR) is 133 cm³/mol. The maximum atomic E-state index is 10.6. The lowest BCUT2D eigenvalue weighted by molar-refractivity contribution is 0.0178. The summed E-state index contributed by atoms with van der Waals surface area (Å²) in [5.74, 6) is 2.10. The molecule has 6 atom stereocenters. The van der Waals surface area contributed by atoms with Gasteiger partial charge in [0.2, 0.25) is 0 Å². The van der Waals surface area contributed by atoms with Crippen LogP contribution in [-0.4, -0.2) is 33.1 Å². The number of aliphatic hydroxyl groups excluding tert-OH is 2. The third kappa shape index (κ3) is 5.42. The van der Waals surface area contributed by atoms with Crippen molar-refractivity contribution in [3.8, 4) is 0 Å². The number of rotatable bonds is 8. The standard InChI is InChI=1S/C29H48O3/c1-6-29(32,7-2)17-8-10-20(3)25-14-15-26-22(11-9-16-28(25,26)5)12-13-23-18-24(30)19-27(31)21(23)4/h12-13,20,24-27,30-32H,4,6-11,14-19H2,1-3,5H3/b22-12?,23-13-/t20-,24-,25-,26?,27-,28-/m1/s1. The van der Waals surface area contributed by atoms with E-state index in [0.717, 1.165) is 42.7 Å². The fourth-order valence-corrected chi connectivity index (χ4v) is 7.24. The van der Waals surface area contributed by atoms with Gasteiger partial charge in [-0.25, -0.2) is 0 Å². The first kappa shape index (κ1) is 25.7. The van der Waals surface area contributed by atoms with Gasteiger partial charge < -0.3 is 15.3 Å². The second-order valence-corrected chi connectivity index (χ2v) is 11.5. The van der Waals surface area contributed by atoms with Crippen molar-refractivity contribution in [1.29, 1.82) is 0 Å². The summed E-state index contributed by atoms with van der Waals surface area (Å²) in [5.41, 5.74) is 3.26. The summed E-state index contributed by atoms with van der Waals surface area (Å²) < 4.78 is 0. The molecule has 3 saturated carbocycles. The van der Waals surface area contributed by atoms with Gasteiger partial charge in [0.15, 0.2) is 0 Å². The fourth-order valence-electron chi connectivity index (χ4n) is 7.24. The molecule has 0 radical (unpaired) electrons. The second kappa shape index (κ2) is 10.6. The van der Waals surface area contributed by atoms with Gasteiger partial charge in [0.1, 0.15) is 0 Å². The Labute approximate surface area is 196 Å². The Kier molecular flexibility index (Phi) is 8.50. The molecule has 0 saturated heterocycles. The second-order valence-electron chi connectivity index (χ2n) is 11.5. The van der Waals surface area contributed by atoms with Crippen LogP contribution in [0.1, 0.15) is 105 Å². The highest BCUT2D eigenvalue weighted by Crippen LogP contribution is 2.60. The van der Waals surface area contributed by atoms with Gasteiger partial charge in [0.25, 0.3) is 0 Å². The van der Waals surface area contributed by atoms with Crippen LogP contribution in [0.15, 0.2) is 35.5 Å². The van der Waals surface area contributed by atoms with Crippen LogP contribution in [0.25, 0.3) is 0 Å². The molecule has 0 aromatic heterocycles. The van der Waals surface area contributed by atoms with Crippen molar-refractivity contribution in [3.63, 3.8) is 0 Å². The van der Waals surface area contributed by atoms with Gasteiger partial charge in [-0.1, -0.05) is 64.8 Å². The number of aliphatic hydroxyl groups is 3. The van der Waals surface area contributed by atoms with E-state index in [0.29, 0.717) is 30.1 Å². The molecular weight excluding hydrogens is 396 g/mol. The molecule has 32 heavy (non-hydrogen) atoms. The monoisotopic (exact) mass is 444 g/mol. The molecule has 0 aromatic carbocycles. The average molecular weight is 445 g/mol. The number of fused-ring (bicyclic) bond motifs is 1. The van der Waals surface area contributed by atoms with E-state index >= 15 is 0 Å². The quantitative estimate of drug-likeness (QED) is 0.401. The first-order chi connectivity index (χ1) is 15.1. The SMILES string of the molecule is C=C1/C(=C\C=C2CCC[C@@]3(C)C2CC[C@@H]3[C@H](C)CCCC(O)(CC)CC)C[C@@H](O)C[C@H]1O. The van der Waals surface area contributed by atoms with Gasteiger partial charge >= 0.3 is 0 Å². The summed E-state index contributed by atoms with van der Waals surface area (Å²) in [6, 6.07) is 0. The molecule has 0 spiro atoms. The Hall–Kier alpha value is -0.900. The number of hydrogen-bond donors (Lipinski definition) is 3. The molecule has 3 aliphatic carbocycles. The smallest absolute Gasteiger partial charge is 0.0811 e. The van der Waals surface area contributed by atoms with Crippen molar-refractivity contribution in [1.82, 2.24) is 0 Å². The summed E-state index contributed by atoms with van der Waals surface area (Å²) in [6.07, 6.45) is 15.7. The molecule has 3 aliphatic rings. The van der Waals surface area contributed by atoms with Crippen LogP contribution in [0.5, 0.6) is 0 Å². The van der Waals surface area contributed by atoms with Crippen LogP contribution in [0.3, 0.4) is 0 Å². The molecule has 182 valence electrons. The fraction of sp³-hybridized carbons (Fsp3) is 0.793. The molecule has 0 heterocycles. The van der Waals surface area contributed by atoms with Crippen molar-refractivity contribution in [2.75, 3.05) is 0 Å². The van der Waals surface area contributed by atoms with Crippen molar-refractivity contribution < 1.29 is 15.3 Å². The van der Waals surface area contributed by atoms with Crippen LogP contribution in [0.2, 0.25) is 0 Å². The zero-order valence-corrected chi connectivity index (χ0v) is 21.1. The molecule has 0 aliphatic heterocycles. The van der Waals surface area contributed by atoms with Gasteiger partial charge in [-0.15, -0.1) is 0 Å². The lowest BCUT2D eigenvalue weighted by Crippen LogP contribution is -2.36. The normalized spacial score (nSPS) is 37.2. The van der Waals surface area contributed by atoms with E-state index in [1.54, 1.807) is 5.57 Å². The zero-order valence-electron chi connectivity index (χ0n) is 21.1. The third-order valence-electron chi connectivity index (χ3n) is 9.61. The van der Waals surface area contributed by atoms with Crippen LogP contribution < -0.4 is 0 Å². The largest absolute Gasteiger partial charge is 0.393 e. The van der Waals surface area contributed by atoms with E-state index in [1.165, 1.54) is 38.5 Å². The summed E-state index contributed by atoms with van der Waals surface area (Å²) >= 11 is 0. The topological polar surface area (TPSA) is 60.7 Å². The first-order valence-electron chi connectivity index (χ1n) is 13.3. The Bertz CT molecular complexity index is 716. The van der Waals surface area contributed by atoms with E-state index in [9.17, 15) is 15.3 Å². The summed E-state index contributed by atoms with van der Waals surface area (Å²) in [7, 11) is 0. The maximum Gasteiger partial charge on any atom is 0.0811 e. The van der Waals surface area contributed by atoms with Gasteiger partial charge in [0.05, 0.1) is 17.8 Å². The minimum Gasteiger partial charge on any atom is -0.393 e. The van der Waals surface area contributed by atoms with E-state index in [1.807, 2.05) is 0 Å². The molecule has 3 rings (SSSR count). The Balaban J connectivity index is 1.67. The molecule has 3 nitrogen and oxygen atoms in total. The summed E-state index contributed by atoms with van der Waals surface area (Å²) in [5, 5.41) is 30.9. The molecule has 0 amide bonds. The van der Waals surface area contributed by atoms with Crippen LogP contribution in [0.4, 0.5) is 0 Å². The molecular formula is C29H48O3. The van der Waals surface area contributed by atoms with Crippen molar-refractivity contribution in [2.45, 2.75) is 123 Å². The van der Waals surface area contributed by atoms with Crippen LogP contribution in [0, 0.1) is 23.2 Å². The highest BCUT2D eigenvalue weighted by molar-refractivity contribution is 5.38. The molecule has 0 aromatic rings. The predicted octanol–water partition coefficient (Wildman–Crippen LogP) is 6.48. The lowest BCUT2D eigenvalue weighted by atomic mass is 9.60. The molecule has 0 bridgehead atoms. The van der Waals surface area contributed by atoms with E-state index in [-0.39, 0.29) is 0 Å². The van der Waals surface area contributed by atoms with Crippen LogP contribution in [-0.2, 0) is 0 Å². The minimum atomic E-state index is -0.616.